The third-order valence-electron chi connectivity index (χ3n) is 3.50. The van der Waals surface area contributed by atoms with Gasteiger partial charge in [-0.05, 0) is 6.92 Å². The van der Waals surface area contributed by atoms with Crippen molar-refractivity contribution in [2.24, 2.45) is 5.92 Å². The van der Waals surface area contributed by atoms with Crippen LogP contribution in [0.15, 0.2) is 30.9 Å². The topological polar surface area (TPSA) is 84.7 Å². The molecule has 0 bridgehead atoms. The van der Waals surface area contributed by atoms with E-state index in [1.165, 1.54) is 22.7 Å². The summed E-state index contributed by atoms with van der Waals surface area (Å²) < 4.78 is 6.78. The zero-order valence-electron chi connectivity index (χ0n) is 11.9. The molecule has 0 aliphatic carbocycles. The number of β-lactam (4-membered cyclic amide) rings is 1. The molecule has 7 nitrogen and oxygen atoms in total. The van der Waals surface area contributed by atoms with E-state index in [2.05, 4.69) is 11.6 Å². The zero-order valence-corrected chi connectivity index (χ0v) is 12.7. The van der Waals surface area contributed by atoms with E-state index < -0.39 is 11.9 Å². The first-order chi connectivity index (χ1) is 10.6. The van der Waals surface area contributed by atoms with Crippen LogP contribution in [0.3, 0.4) is 0 Å². The molecule has 0 radical (unpaired) electrons. The smallest absolute Gasteiger partial charge is 0.358 e. The molecule has 2 aliphatic heterocycles. The van der Waals surface area contributed by atoms with Gasteiger partial charge in [0.25, 0.3) is 0 Å². The molecule has 0 unspecified atom stereocenters. The number of aliphatic hydroxyl groups excluding tert-OH is 1. The lowest BCUT2D eigenvalue weighted by Gasteiger charge is -2.41. The highest BCUT2D eigenvalue weighted by molar-refractivity contribution is 8.08. The lowest BCUT2D eigenvalue weighted by molar-refractivity contribution is -0.154. The summed E-state index contributed by atoms with van der Waals surface area (Å²) in [4.78, 5) is 29.9. The number of carbonyl (C=O) groups excluding carboxylic acids is 2. The second kappa shape index (κ2) is 5.62. The highest BCUT2D eigenvalue weighted by Gasteiger charge is 2.56. The highest BCUT2D eigenvalue weighted by atomic mass is 32.2. The monoisotopic (exact) mass is 321 g/mol. The van der Waals surface area contributed by atoms with Gasteiger partial charge >= 0.3 is 5.97 Å². The van der Waals surface area contributed by atoms with Crippen LogP contribution in [0.25, 0.3) is 5.03 Å². The first-order valence-corrected chi connectivity index (χ1v) is 7.60. The van der Waals surface area contributed by atoms with Crippen LogP contribution >= 0.6 is 11.8 Å². The number of esters is 1. The molecular formula is C14H15N3O4S. The fourth-order valence-electron chi connectivity index (χ4n) is 2.44. The van der Waals surface area contributed by atoms with Gasteiger partial charge in [-0.3, -0.25) is 14.3 Å². The number of ether oxygens (including phenoxy) is 1. The van der Waals surface area contributed by atoms with Gasteiger partial charge in [0.1, 0.15) is 17.0 Å². The van der Waals surface area contributed by atoms with Crippen molar-refractivity contribution in [3.63, 3.8) is 0 Å². The number of aryl methyl sites for hydroxylation is 1. The van der Waals surface area contributed by atoms with Crippen molar-refractivity contribution in [2.45, 2.75) is 12.3 Å². The molecular weight excluding hydrogens is 306 g/mol. The SMILES string of the molecule is C=CCOC(=O)C1=C(n2cnc(C)c2)S[C@@H]2[C@@H](CO)C(=O)N12. The minimum Gasteiger partial charge on any atom is -0.457 e. The van der Waals surface area contributed by atoms with E-state index in [1.807, 2.05) is 6.92 Å². The van der Waals surface area contributed by atoms with Gasteiger partial charge in [-0.1, -0.05) is 24.4 Å². The number of carbonyl (C=O) groups is 2. The average Bonchev–Trinajstić information content (AvgIpc) is 3.07. The van der Waals surface area contributed by atoms with E-state index in [9.17, 15) is 14.7 Å². The molecule has 1 amide bonds. The average molecular weight is 321 g/mol. The number of thioether (sulfide) groups is 1. The molecule has 116 valence electrons. The van der Waals surface area contributed by atoms with Crippen molar-refractivity contribution in [3.8, 4) is 0 Å². The third-order valence-corrected chi connectivity index (χ3v) is 4.91. The predicted octanol–water partition coefficient (Wildman–Crippen LogP) is 0.570. The molecule has 3 heterocycles. The quantitative estimate of drug-likeness (QED) is 0.485. The van der Waals surface area contributed by atoms with Crippen molar-refractivity contribution in [3.05, 3.63) is 36.6 Å². The molecule has 2 aliphatic rings. The summed E-state index contributed by atoms with van der Waals surface area (Å²) in [5.74, 6) is -1.34. The Balaban J connectivity index is 1.98. The maximum atomic E-state index is 12.3. The summed E-state index contributed by atoms with van der Waals surface area (Å²) in [5.41, 5.74) is 0.996. The van der Waals surface area contributed by atoms with Gasteiger partial charge in [0.2, 0.25) is 5.91 Å². The van der Waals surface area contributed by atoms with E-state index >= 15 is 0 Å². The number of imidazole rings is 1. The first kappa shape index (κ1) is 14.9. The van der Waals surface area contributed by atoms with Gasteiger partial charge in [0, 0.05) is 6.20 Å². The number of aromatic nitrogens is 2. The Bertz CT molecular complexity index is 681. The van der Waals surface area contributed by atoms with Crippen LogP contribution in [-0.4, -0.2) is 50.0 Å². The first-order valence-electron chi connectivity index (χ1n) is 6.72. The highest BCUT2D eigenvalue weighted by Crippen LogP contribution is 2.51. The number of hydrogen-bond donors (Lipinski definition) is 1. The van der Waals surface area contributed by atoms with E-state index in [0.29, 0.717) is 5.03 Å². The van der Waals surface area contributed by atoms with Gasteiger partial charge in [-0.2, -0.15) is 0 Å². The molecule has 3 rings (SSSR count). The molecule has 1 N–H and O–H groups in total. The van der Waals surface area contributed by atoms with Gasteiger partial charge in [0.05, 0.1) is 24.5 Å². The van der Waals surface area contributed by atoms with Crippen LogP contribution in [0.2, 0.25) is 0 Å². The van der Waals surface area contributed by atoms with Gasteiger partial charge < -0.3 is 9.84 Å². The molecule has 0 spiro atoms. The lowest BCUT2D eigenvalue weighted by atomic mass is 9.98. The summed E-state index contributed by atoms with van der Waals surface area (Å²) in [7, 11) is 0. The van der Waals surface area contributed by atoms with Gasteiger partial charge in [-0.15, -0.1) is 0 Å². The van der Waals surface area contributed by atoms with Crippen LogP contribution in [0.5, 0.6) is 0 Å². The molecule has 0 saturated carbocycles. The summed E-state index contributed by atoms with van der Waals surface area (Å²) >= 11 is 1.35. The van der Waals surface area contributed by atoms with Crippen LogP contribution < -0.4 is 0 Å². The van der Waals surface area contributed by atoms with E-state index in [1.54, 1.807) is 17.1 Å². The van der Waals surface area contributed by atoms with Crippen molar-refractivity contribution in [1.29, 1.82) is 0 Å². The number of fused-ring (bicyclic) bond motifs is 1. The lowest BCUT2D eigenvalue weighted by Crippen LogP contribution is -2.58. The number of amides is 1. The summed E-state index contributed by atoms with van der Waals surface area (Å²) in [6.45, 7) is 5.17. The Kier molecular flexibility index (Phi) is 3.79. The maximum Gasteiger partial charge on any atom is 0.358 e. The van der Waals surface area contributed by atoms with Gasteiger partial charge in [0.15, 0.2) is 5.70 Å². The molecule has 2 atom stereocenters. The van der Waals surface area contributed by atoms with E-state index in [0.717, 1.165) is 5.69 Å². The molecule has 8 heteroatoms. The van der Waals surface area contributed by atoms with Crippen molar-refractivity contribution < 1.29 is 19.4 Å². The van der Waals surface area contributed by atoms with E-state index in [4.69, 9.17) is 4.74 Å². The molecule has 0 aromatic carbocycles. The normalized spacial score (nSPS) is 23.4. The summed E-state index contributed by atoms with van der Waals surface area (Å²) in [6, 6.07) is 0. The molecule has 1 saturated heterocycles. The van der Waals surface area contributed by atoms with Gasteiger partial charge in [-0.25, -0.2) is 9.78 Å². The summed E-state index contributed by atoms with van der Waals surface area (Å²) in [5, 5.41) is 9.61. The Hall–Kier alpha value is -2.06. The largest absolute Gasteiger partial charge is 0.457 e. The molecule has 1 aromatic rings. The molecule has 1 fully saturated rings. The third kappa shape index (κ3) is 2.15. The zero-order chi connectivity index (χ0) is 15.9. The Morgan fingerprint density at radius 3 is 3.00 bits per heavy atom. The van der Waals surface area contributed by atoms with Crippen LogP contribution in [0, 0.1) is 12.8 Å². The number of aliphatic hydroxyl groups is 1. The van der Waals surface area contributed by atoms with Crippen LogP contribution in [0.4, 0.5) is 0 Å². The Morgan fingerprint density at radius 1 is 1.64 bits per heavy atom. The molecule has 1 aromatic heterocycles. The number of hydrogen-bond acceptors (Lipinski definition) is 6. The fraction of sp³-hybridized carbons (Fsp3) is 0.357. The minimum absolute atomic E-state index is 0.0688. The predicted molar refractivity (Wildman–Crippen MR) is 80.1 cm³/mol. The van der Waals surface area contributed by atoms with Crippen LogP contribution in [-0.2, 0) is 14.3 Å². The van der Waals surface area contributed by atoms with E-state index in [-0.39, 0.29) is 30.2 Å². The minimum atomic E-state index is -0.582. The van der Waals surface area contributed by atoms with Crippen molar-refractivity contribution in [1.82, 2.24) is 14.5 Å². The van der Waals surface area contributed by atoms with Crippen molar-refractivity contribution in [2.75, 3.05) is 13.2 Å². The second-order valence-electron chi connectivity index (χ2n) is 4.97. The Morgan fingerprint density at radius 2 is 2.41 bits per heavy atom. The number of nitrogens with zero attached hydrogens (tertiary/aromatic N) is 3. The van der Waals surface area contributed by atoms with Crippen LogP contribution in [0.1, 0.15) is 5.69 Å². The molecule has 22 heavy (non-hydrogen) atoms. The summed E-state index contributed by atoms with van der Waals surface area (Å²) in [6.07, 6.45) is 4.82. The standard InChI is InChI=1S/C14H15N3O4S/c1-3-4-21-14(20)10-13(16-5-8(2)15-7-16)22-12-9(6-18)11(19)17(10)12/h3,5,7,9,12,18H,1,4,6H2,2H3/t9-,12+/m0/s1. The Labute approximate surface area is 131 Å². The maximum absolute atomic E-state index is 12.3. The number of rotatable bonds is 5. The fourth-order valence-corrected chi connectivity index (χ4v) is 3.87. The van der Waals surface area contributed by atoms with Crippen molar-refractivity contribution >= 4 is 28.7 Å². The second-order valence-corrected chi connectivity index (χ2v) is 6.07.